The van der Waals surface area contributed by atoms with Crippen molar-refractivity contribution in [2.75, 3.05) is 44.2 Å². The SMILES string of the molecule is O=C(C1CN(S(=O)(=O)c2cccc3cnc(Cl)cc23)C1)N1CCN(c2ccccc2)CC1. The first-order chi connectivity index (χ1) is 15.4. The second-order valence-corrected chi connectivity index (χ2v) is 10.4. The molecule has 0 spiro atoms. The van der Waals surface area contributed by atoms with Crippen LogP contribution in [0.5, 0.6) is 0 Å². The molecule has 2 fully saturated rings. The molecule has 1 aromatic heterocycles. The van der Waals surface area contributed by atoms with Gasteiger partial charge < -0.3 is 9.80 Å². The van der Waals surface area contributed by atoms with Crippen LogP contribution in [-0.4, -0.2) is 67.8 Å². The molecule has 0 N–H and O–H groups in total. The minimum atomic E-state index is -3.72. The van der Waals surface area contributed by atoms with Crippen molar-refractivity contribution in [3.63, 3.8) is 0 Å². The van der Waals surface area contributed by atoms with Crippen LogP contribution in [0.3, 0.4) is 0 Å². The van der Waals surface area contributed by atoms with Crippen LogP contribution in [0.1, 0.15) is 0 Å². The number of aromatic nitrogens is 1. The van der Waals surface area contributed by atoms with Crippen LogP contribution >= 0.6 is 11.6 Å². The van der Waals surface area contributed by atoms with Crippen molar-refractivity contribution >= 4 is 44.0 Å². The molecule has 2 aromatic carbocycles. The van der Waals surface area contributed by atoms with E-state index in [0.717, 1.165) is 18.8 Å². The zero-order chi connectivity index (χ0) is 22.3. The minimum absolute atomic E-state index is 0.0364. The summed E-state index contributed by atoms with van der Waals surface area (Å²) in [6, 6.07) is 16.8. The molecule has 166 valence electrons. The zero-order valence-corrected chi connectivity index (χ0v) is 19.0. The Morgan fingerprint density at radius 3 is 2.41 bits per heavy atom. The maximum Gasteiger partial charge on any atom is 0.243 e. The summed E-state index contributed by atoms with van der Waals surface area (Å²) in [5.41, 5.74) is 1.16. The number of pyridine rings is 1. The molecule has 9 heteroatoms. The molecule has 3 aromatic rings. The number of carbonyl (C=O) groups excluding carboxylic acids is 1. The fraction of sp³-hybridized carbons (Fsp3) is 0.304. The number of sulfonamides is 1. The molecule has 3 heterocycles. The van der Waals surface area contributed by atoms with E-state index in [9.17, 15) is 13.2 Å². The number of rotatable bonds is 4. The normalized spacial score (nSPS) is 18.0. The van der Waals surface area contributed by atoms with Gasteiger partial charge in [0.1, 0.15) is 5.15 Å². The standard InChI is InChI=1S/C23H23ClN4O3S/c24-22-13-20-17(14-25-22)5-4-8-21(20)32(30,31)28-15-18(16-28)23(29)27-11-9-26(10-12-27)19-6-2-1-3-7-19/h1-8,13-14,18H,9-12,15-16H2. The zero-order valence-electron chi connectivity index (χ0n) is 17.4. The van der Waals surface area contributed by atoms with Gasteiger partial charge in [-0.25, -0.2) is 13.4 Å². The lowest BCUT2D eigenvalue weighted by atomic mass is 10.0. The third kappa shape index (κ3) is 3.83. The number of hydrogen-bond donors (Lipinski definition) is 0. The maximum atomic E-state index is 13.2. The fourth-order valence-electron chi connectivity index (χ4n) is 4.35. The Labute approximate surface area is 192 Å². The van der Waals surface area contributed by atoms with Crippen LogP contribution in [0.15, 0.2) is 65.7 Å². The van der Waals surface area contributed by atoms with Crippen molar-refractivity contribution in [2.24, 2.45) is 5.92 Å². The molecule has 0 aliphatic carbocycles. The van der Waals surface area contributed by atoms with Gasteiger partial charge in [0.2, 0.25) is 15.9 Å². The summed E-state index contributed by atoms with van der Waals surface area (Å²) < 4.78 is 27.8. The van der Waals surface area contributed by atoms with Gasteiger partial charge in [-0.15, -0.1) is 0 Å². The number of piperazine rings is 1. The first kappa shape index (κ1) is 21.2. The number of fused-ring (bicyclic) bond motifs is 1. The van der Waals surface area contributed by atoms with E-state index in [4.69, 9.17) is 11.6 Å². The number of nitrogens with zero attached hydrogens (tertiary/aromatic N) is 4. The number of anilines is 1. The van der Waals surface area contributed by atoms with Crippen LogP contribution < -0.4 is 4.90 Å². The maximum absolute atomic E-state index is 13.2. The first-order valence-electron chi connectivity index (χ1n) is 10.6. The van der Waals surface area contributed by atoms with Gasteiger partial charge in [0.25, 0.3) is 0 Å². The van der Waals surface area contributed by atoms with Crippen LogP contribution in [0.4, 0.5) is 5.69 Å². The van der Waals surface area contributed by atoms with Gasteiger partial charge in [-0.3, -0.25) is 4.79 Å². The summed E-state index contributed by atoms with van der Waals surface area (Å²) in [7, 11) is -3.72. The summed E-state index contributed by atoms with van der Waals surface area (Å²) in [5.74, 6) is -0.261. The van der Waals surface area contributed by atoms with Crippen LogP contribution in [0, 0.1) is 5.92 Å². The number of halogens is 1. The molecular weight excluding hydrogens is 448 g/mol. The summed E-state index contributed by atoms with van der Waals surface area (Å²) in [4.78, 5) is 21.3. The quantitative estimate of drug-likeness (QED) is 0.548. The van der Waals surface area contributed by atoms with E-state index in [0.29, 0.717) is 23.9 Å². The summed E-state index contributed by atoms with van der Waals surface area (Å²) in [6.45, 7) is 3.24. The molecule has 0 bridgehead atoms. The number of para-hydroxylation sites is 1. The Morgan fingerprint density at radius 1 is 0.969 bits per heavy atom. The van der Waals surface area contributed by atoms with Gasteiger partial charge >= 0.3 is 0 Å². The summed E-state index contributed by atoms with van der Waals surface area (Å²) >= 11 is 6.00. The lowest BCUT2D eigenvalue weighted by Gasteiger charge is -2.42. The van der Waals surface area contributed by atoms with Crippen LogP contribution in [0.25, 0.3) is 10.8 Å². The first-order valence-corrected chi connectivity index (χ1v) is 12.4. The van der Waals surface area contributed by atoms with E-state index in [1.165, 1.54) is 4.31 Å². The Bertz CT molecular complexity index is 1250. The van der Waals surface area contributed by atoms with Crippen molar-refractivity contribution in [3.05, 3.63) is 65.9 Å². The van der Waals surface area contributed by atoms with E-state index >= 15 is 0 Å². The van der Waals surface area contributed by atoms with Gasteiger partial charge in [-0.2, -0.15) is 4.31 Å². The Kier molecular flexibility index (Phi) is 5.53. The number of benzene rings is 2. The molecule has 2 aliphatic heterocycles. The molecule has 32 heavy (non-hydrogen) atoms. The third-order valence-electron chi connectivity index (χ3n) is 6.22. The monoisotopic (exact) mass is 470 g/mol. The predicted molar refractivity (Wildman–Crippen MR) is 124 cm³/mol. The van der Waals surface area contributed by atoms with Gasteiger partial charge in [-0.1, -0.05) is 41.9 Å². The topological polar surface area (TPSA) is 73.8 Å². The van der Waals surface area contributed by atoms with Gasteiger partial charge in [-0.05, 0) is 24.3 Å². The van der Waals surface area contributed by atoms with Gasteiger partial charge in [0.05, 0.1) is 10.8 Å². The highest BCUT2D eigenvalue weighted by Crippen LogP contribution is 2.31. The average Bonchev–Trinajstić information content (AvgIpc) is 2.78. The lowest BCUT2D eigenvalue weighted by molar-refractivity contribution is -0.139. The van der Waals surface area contributed by atoms with E-state index in [2.05, 4.69) is 22.0 Å². The number of hydrogen-bond acceptors (Lipinski definition) is 5. The van der Waals surface area contributed by atoms with Crippen molar-refractivity contribution in [3.8, 4) is 0 Å². The second-order valence-electron chi connectivity index (χ2n) is 8.15. The van der Waals surface area contributed by atoms with E-state index < -0.39 is 10.0 Å². The molecule has 2 aliphatic rings. The van der Waals surface area contributed by atoms with Gasteiger partial charge in [0.15, 0.2) is 0 Å². The van der Waals surface area contributed by atoms with Crippen LogP contribution in [0.2, 0.25) is 5.15 Å². The number of carbonyl (C=O) groups is 1. The molecule has 2 saturated heterocycles. The third-order valence-corrected chi connectivity index (χ3v) is 8.31. The second kappa shape index (κ2) is 8.35. The minimum Gasteiger partial charge on any atom is -0.368 e. The van der Waals surface area contributed by atoms with Crippen molar-refractivity contribution in [1.29, 1.82) is 0 Å². The predicted octanol–water partition coefficient (Wildman–Crippen LogP) is 2.86. The fourth-order valence-corrected chi connectivity index (χ4v) is 6.25. The lowest BCUT2D eigenvalue weighted by Crippen LogP contribution is -2.59. The van der Waals surface area contributed by atoms with Crippen molar-refractivity contribution in [2.45, 2.75) is 4.90 Å². The molecule has 0 saturated carbocycles. The van der Waals surface area contributed by atoms with E-state index in [-0.39, 0.29) is 35.0 Å². The van der Waals surface area contributed by atoms with Crippen LogP contribution in [-0.2, 0) is 14.8 Å². The Hall–Kier alpha value is -2.68. The van der Waals surface area contributed by atoms with Gasteiger partial charge in [0, 0.05) is 61.9 Å². The molecule has 1 amide bonds. The smallest absolute Gasteiger partial charge is 0.243 e. The Balaban J connectivity index is 1.23. The molecule has 0 atom stereocenters. The molecule has 0 unspecified atom stereocenters. The molecule has 7 nitrogen and oxygen atoms in total. The highest BCUT2D eigenvalue weighted by molar-refractivity contribution is 7.89. The Morgan fingerprint density at radius 2 is 1.69 bits per heavy atom. The van der Waals surface area contributed by atoms with E-state index in [1.807, 2.05) is 23.1 Å². The molecule has 0 radical (unpaired) electrons. The summed E-state index contributed by atoms with van der Waals surface area (Å²) in [5, 5.41) is 1.49. The number of amides is 1. The average molecular weight is 471 g/mol. The van der Waals surface area contributed by atoms with E-state index in [1.54, 1.807) is 30.5 Å². The van der Waals surface area contributed by atoms with Crippen molar-refractivity contribution in [1.82, 2.24) is 14.2 Å². The highest BCUT2D eigenvalue weighted by Gasteiger charge is 2.42. The largest absolute Gasteiger partial charge is 0.368 e. The van der Waals surface area contributed by atoms with Crippen molar-refractivity contribution < 1.29 is 13.2 Å². The molecular formula is C23H23ClN4O3S. The highest BCUT2D eigenvalue weighted by atomic mass is 35.5. The summed E-state index contributed by atoms with van der Waals surface area (Å²) in [6.07, 6.45) is 1.56. The molecule has 5 rings (SSSR count).